The number of nitrogens with zero attached hydrogens (tertiary/aromatic N) is 2. The number of hydrogen-bond acceptors (Lipinski definition) is 5. The Labute approximate surface area is 145 Å². The van der Waals surface area contributed by atoms with Crippen LogP contribution in [0.4, 0.5) is 0 Å². The van der Waals surface area contributed by atoms with Gasteiger partial charge in [-0.2, -0.15) is 5.10 Å². The molecule has 1 aromatic heterocycles. The molecule has 3 rings (SSSR count). The predicted molar refractivity (Wildman–Crippen MR) is 93.6 cm³/mol. The average molecular weight is 346 g/mol. The molecular weight excluding hydrogens is 324 g/mol. The second-order valence-electron chi connectivity index (χ2n) is 5.76. The van der Waals surface area contributed by atoms with Crippen molar-refractivity contribution in [2.75, 3.05) is 13.1 Å². The molecular formula is C16H22N6OS. The number of H-pyrrole nitrogens is 1. The molecule has 24 heavy (non-hydrogen) atoms. The molecule has 7 nitrogen and oxygen atoms in total. The number of benzene rings is 1. The number of amides is 1. The molecule has 1 aliphatic heterocycles. The first-order chi connectivity index (χ1) is 11.7. The number of carbonyl (C=O) groups excluding carboxylic acids is 1. The second kappa shape index (κ2) is 7.69. The van der Waals surface area contributed by atoms with Crippen LogP contribution in [0.5, 0.6) is 0 Å². The third-order valence-corrected chi connectivity index (χ3v) is 4.58. The standard InChI is InChI=1S/C16H22N6OS/c1-2-13-19-21-16(24)22(13)9-8-17-15(23)12-10-18-20-14(12)11-6-4-3-5-7-11/h3-7,12,14,18,20H,2,8-10H2,1H3,(H,17,23)(H,21,24). The number of hydrazine groups is 1. The lowest BCUT2D eigenvalue weighted by molar-refractivity contribution is -0.124. The van der Waals surface area contributed by atoms with Crippen molar-refractivity contribution < 1.29 is 4.79 Å². The molecule has 0 bridgehead atoms. The van der Waals surface area contributed by atoms with Gasteiger partial charge in [0.25, 0.3) is 0 Å². The number of carbonyl (C=O) groups is 1. The summed E-state index contributed by atoms with van der Waals surface area (Å²) in [6.45, 7) is 3.78. The van der Waals surface area contributed by atoms with Crippen molar-refractivity contribution in [3.8, 4) is 0 Å². The van der Waals surface area contributed by atoms with E-state index in [0.717, 1.165) is 17.8 Å². The summed E-state index contributed by atoms with van der Waals surface area (Å²) in [7, 11) is 0. The van der Waals surface area contributed by atoms with Gasteiger partial charge >= 0.3 is 0 Å². The summed E-state index contributed by atoms with van der Waals surface area (Å²) in [5, 5.41) is 9.98. The van der Waals surface area contributed by atoms with E-state index < -0.39 is 0 Å². The van der Waals surface area contributed by atoms with Gasteiger partial charge in [0.05, 0.1) is 12.0 Å². The van der Waals surface area contributed by atoms with Gasteiger partial charge in [0, 0.05) is 26.1 Å². The first kappa shape index (κ1) is 16.8. The monoisotopic (exact) mass is 346 g/mol. The fraction of sp³-hybridized carbons (Fsp3) is 0.438. The van der Waals surface area contributed by atoms with Crippen molar-refractivity contribution >= 4 is 18.1 Å². The minimum absolute atomic E-state index is 0.0199. The molecule has 128 valence electrons. The number of aromatic amines is 1. The molecule has 2 aromatic rings. The quantitative estimate of drug-likeness (QED) is 0.588. The molecule has 8 heteroatoms. The van der Waals surface area contributed by atoms with Crippen molar-refractivity contribution in [1.82, 2.24) is 30.9 Å². The van der Waals surface area contributed by atoms with Crippen LogP contribution in [0.15, 0.2) is 30.3 Å². The van der Waals surface area contributed by atoms with Gasteiger partial charge in [0.2, 0.25) is 5.91 Å². The number of nitrogens with one attached hydrogen (secondary N) is 4. The summed E-state index contributed by atoms with van der Waals surface area (Å²) in [5.74, 6) is 0.797. The maximum absolute atomic E-state index is 12.5. The maximum Gasteiger partial charge on any atom is 0.226 e. The molecule has 2 heterocycles. The molecule has 1 fully saturated rings. The summed E-state index contributed by atoms with van der Waals surface area (Å²) >= 11 is 5.22. The molecule has 0 spiro atoms. The number of hydrogen-bond donors (Lipinski definition) is 4. The lowest BCUT2D eigenvalue weighted by Gasteiger charge is -2.18. The van der Waals surface area contributed by atoms with Crippen molar-refractivity contribution in [2.45, 2.75) is 25.9 Å². The van der Waals surface area contributed by atoms with Gasteiger partial charge in [-0.1, -0.05) is 37.3 Å². The van der Waals surface area contributed by atoms with E-state index in [9.17, 15) is 4.79 Å². The third kappa shape index (κ3) is 3.55. The SMILES string of the molecule is CCc1n[nH]c(=S)n1CCNC(=O)C1CNNC1c1ccccc1. The lowest BCUT2D eigenvalue weighted by Crippen LogP contribution is -2.36. The van der Waals surface area contributed by atoms with Crippen LogP contribution in [-0.2, 0) is 17.8 Å². The second-order valence-corrected chi connectivity index (χ2v) is 6.15. The highest BCUT2D eigenvalue weighted by Crippen LogP contribution is 2.24. The maximum atomic E-state index is 12.5. The van der Waals surface area contributed by atoms with E-state index in [2.05, 4.69) is 26.4 Å². The zero-order valence-electron chi connectivity index (χ0n) is 13.6. The highest BCUT2D eigenvalue weighted by molar-refractivity contribution is 7.71. The molecule has 1 aliphatic rings. The first-order valence-corrected chi connectivity index (χ1v) is 8.56. The summed E-state index contributed by atoms with van der Waals surface area (Å²) < 4.78 is 2.52. The summed E-state index contributed by atoms with van der Waals surface area (Å²) in [5.41, 5.74) is 7.38. The van der Waals surface area contributed by atoms with Gasteiger partial charge in [-0.25, -0.2) is 5.43 Å². The fourth-order valence-electron chi connectivity index (χ4n) is 2.99. The van der Waals surface area contributed by atoms with Crippen molar-refractivity contribution in [1.29, 1.82) is 0 Å². The van der Waals surface area contributed by atoms with Gasteiger partial charge in [-0.05, 0) is 17.8 Å². The third-order valence-electron chi connectivity index (χ3n) is 4.27. The fourth-order valence-corrected chi connectivity index (χ4v) is 3.23. The van der Waals surface area contributed by atoms with E-state index in [0.29, 0.717) is 24.4 Å². The van der Waals surface area contributed by atoms with Crippen LogP contribution < -0.4 is 16.2 Å². The summed E-state index contributed by atoms with van der Waals surface area (Å²) in [4.78, 5) is 12.5. The Hall–Kier alpha value is -2.03. The first-order valence-electron chi connectivity index (χ1n) is 8.15. The molecule has 4 N–H and O–H groups in total. The minimum atomic E-state index is -0.143. The Morgan fingerprint density at radius 1 is 1.42 bits per heavy atom. The van der Waals surface area contributed by atoms with E-state index in [-0.39, 0.29) is 17.9 Å². The molecule has 0 aliphatic carbocycles. The van der Waals surface area contributed by atoms with Crippen molar-refractivity contribution in [3.63, 3.8) is 0 Å². The van der Waals surface area contributed by atoms with E-state index in [1.807, 2.05) is 41.8 Å². The molecule has 0 radical (unpaired) electrons. The van der Waals surface area contributed by atoms with Crippen LogP contribution >= 0.6 is 12.2 Å². The molecule has 1 aromatic carbocycles. The number of aryl methyl sites for hydroxylation is 1. The van der Waals surface area contributed by atoms with Crippen molar-refractivity contribution in [2.24, 2.45) is 5.92 Å². The van der Waals surface area contributed by atoms with Crippen LogP contribution in [0.2, 0.25) is 0 Å². The topological polar surface area (TPSA) is 86.8 Å². The molecule has 2 unspecified atom stereocenters. The largest absolute Gasteiger partial charge is 0.354 e. The smallest absolute Gasteiger partial charge is 0.226 e. The van der Waals surface area contributed by atoms with Crippen LogP contribution in [-0.4, -0.2) is 33.8 Å². The van der Waals surface area contributed by atoms with Gasteiger partial charge in [0.15, 0.2) is 4.77 Å². The van der Waals surface area contributed by atoms with Crippen LogP contribution in [0.3, 0.4) is 0 Å². The van der Waals surface area contributed by atoms with Crippen molar-refractivity contribution in [3.05, 3.63) is 46.5 Å². The minimum Gasteiger partial charge on any atom is -0.354 e. The zero-order chi connectivity index (χ0) is 16.9. The van der Waals surface area contributed by atoms with Gasteiger partial charge in [0.1, 0.15) is 5.82 Å². The van der Waals surface area contributed by atoms with Crippen LogP contribution in [0.1, 0.15) is 24.4 Å². The van der Waals surface area contributed by atoms with E-state index in [1.54, 1.807) is 0 Å². The Balaban J connectivity index is 1.58. The van der Waals surface area contributed by atoms with E-state index >= 15 is 0 Å². The normalized spacial score (nSPS) is 20.2. The lowest BCUT2D eigenvalue weighted by atomic mass is 9.94. The van der Waals surface area contributed by atoms with Gasteiger partial charge < -0.3 is 9.88 Å². The predicted octanol–water partition coefficient (Wildman–Crippen LogP) is 1.08. The van der Waals surface area contributed by atoms with E-state index in [1.165, 1.54) is 0 Å². The Morgan fingerprint density at radius 3 is 2.96 bits per heavy atom. The van der Waals surface area contributed by atoms with Crippen LogP contribution in [0, 0.1) is 10.7 Å². The molecule has 1 saturated heterocycles. The highest BCUT2D eigenvalue weighted by atomic mass is 32.1. The highest BCUT2D eigenvalue weighted by Gasteiger charge is 2.33. The van der Waals surface area contributed by atoms with Gasteiger partial charge in [-0.15, -0.1) is 0 Å². The number of rotatable bonds is 6. The molecule has 0 saturated carbocycles. The zero-order valence-corrected chi connectivity index (χ0v) is 14.4. The summed E-state index contributed by atoms with van der Waals surface area (Å²) in [6.07, 6.45) is 0.799. The Morgan fingerprint density at radius 2 is 2.21 bits per heavy atom. The van der Waals surface area contributed by atoms with Crippen LogP contribution in [0.25, 0.3) is 0 Å². The summed E-state index contributed by atoms with van der Waals surface area (Å²) in [6, 6.07) is 9.98. The molecule has 2 atom stereocenters. The molecule has 1 amide bonds. The van der Waals surface area contributed by atoms with Gasteiger partial charge in [-0.3, -0.25) is 15.3 Å². The number of aromatic nitrogens is 3. The Bertz CT molecular complexity index is 741. The average Bonchev–Trinajstić information content (AvgIpc) is 3.23. The van der Waals surface area contributed by atoms with E-state index in [4.69, 9.17) is 12.2 Å². The Kier molecular flexibility index (Phi) is 5.39.